The summed E-state index contributed by atoms with van der Waals surface area (Å²) >= 11 is 0. The van der Waals surface area contributed by atoms with E-state index < -0.39 is 0 Å². The van der Waals surface area contributed by atoms with Crippen molar-refractivity contribution in [3.05, 3.63) is 29.8 Å². The maximum atomic E-state index is 6.18. The fourth-order valence-corrected chi connectivity index (χ4v) is 3.11. The van der Waals surface area contributed by atoms with E-state index in [2.05, 4.69) is 61.9 Å². The van der Waals surface area contributed by atoms with Crippen molar-refractivity contribution >= 4 is 30.0 Å². The van der Waals surface area contributed by atoms with E-state index in [9.17, 15) is 0 Å². The van der Waals surface area contributed by atoms with Crippen LogP contribution >= 0.6 is 12.4 Å². The molecule has 5 nitrogen and oxygen atoms in total. The third-order valence-electron chi connectivity index (χ3n) is 4.63. The Balaban J connectivity index is 0.00000338. The minimum Gasteiger partial charge on any atom is -0.369 e. The molecule has 0 aliphatic carbocycles. The van der Waals surface area contributed by atoms with Crippen molar-refractivity contribution in [3.8, 4) is 0 Å². The maximum absolute atomic E-state index is 6.18. The summed E-state index contributed by atoms with van der Waals surface area (Å²) < 4.78 is 0. The number of nitrogens with zero attached hydrogens (tertiary/aromatic N) is 3. The summed E-state index contributed by atoms with van der Waals surface area (Å²) in [6.45, 7) is 8.86. The van der Waals surface area contributed by atoms with E-state index in [4.69, 9.17) is 11.5 Å². The van der Waals surface area contributed by atoms with Gasteiger partial charge in [0.25, 0.3) is 0 Å². The molecule has 1 unspecified atom stereocenters. The zero-order valence-electron chi connectivity index (χ0n) is 16.5. The number of unbranched alkanes of at least 4 members (excludes halogenated alkanes) is 4. The van der Waals surface area contributed by atoms with Gasteiger partial charge in [-0.3, -0.25) is 4.90 Å². The molecule has 0 fully saturated rings. The highest BCUT2D eigenvalue weighted by Crippen LogP contribution is 2.28. The van der Waals surface area contributed by atoms with Crippen LogP contribution in [0.15, 0.2) is 34.3 Å². The van der Waals surface area contributed by atoms with Crippen molar-refractivity contribution in [3.63, 3.8) is 0 Å². The molecule has 0 saturated carbocycles. The zero-order valence-corrected chi connectivity index (χ0v) is 17.4. The molecular weight excluding hydrogens is 346 g/mol. The lowest BCUT2D eigenvalue weighted by molar-refractivity contribution is 0.545. The smallest absolute Gasteiger partial charge is 0.220 e. The normalized spacial score (nSPS) is 17.4. The summed E-state index contributed by atoms with van der Waals surface area (Å²) in [5.41, 5.74) is 14.5. The molecule has 26 heavy (non-hydrogen) atoms. The first kappa shape index (κ1) is 22.3. The highest BCUT2D eigenvalue weighted by molar-refractivity contribution is 6.04. The predicted molar refractivity (Wildman–Crippen MR) is 115 cm³/mol. The molecule has 1 atom stereocenters. The largest absolute Gasteiger partial charge is 0.369 e. The lowest BCUT2D eigenvalue weighted by Gasteiger charge is -2.33. The van der Waals surface area contributed by atoms with Crippen molar-refractivity contribution in [1.82, 2.24) is 0 Å². The average Bonchev–Trinajstić information content (AvgIpc) is 2.53. The molecule has 0 bridgehead atoms. The van der Waals surface area contributed by atoms with Crippen molar-refractivity contribution in [2.75, 3.05) is 4.90 Å². The van der Waals surface area contributed by atoms with E-state index in [0.29, 0.717) is 5.96 Å². The highest BCUT2D eigenvalue weighted by atomic mass is 35.5. The monoisotopic (exact) mass is 379 g/mol. The number of benzene rings is 1. The number of anilines is 1. The molecule has 1 heterocycles. The quantitative estimate of drug-likeness (QED) is 0.682. The molecule has 0 spiro atoms. The number of hydrogen-bond donors (Lipinski definition) is 2. The summed E-state index contributed by atoms with van der Waals surface area (Å²) in [6, 6.07) is 8.51. The Labute approximate surface area is 164 Å². The van der Waals surface area contributed by atoms with Gasteiger partial charge in [-0.25, -0.2) is 4.99 Å². The van der Waals surface area contributed by atoms with E-state index in [1.165, 1.54) is 31.2 Å². The molecule has 0 saturated heterocycles. The van der Waals surface area contributed by atoms with Gasteiger partial charge in [0, 0.05) is 5.69 Å². The number of rotatable bonds is 7. The first-order chi connectivity index (χ1) is 11.8. The number of guanidine groups is 2. The second kappa shape index (κ2) is 9.81. The Hall–Kier alpha value is -1.75. The molecule has 146 valence electrons. The van der Waals surface area contributed by atoms with Crippen molar-refractivity contribution in [2.24, 2.45) is 21.5 Å². The van der Waals surface area contributed by atoms with Gasteiger partial charge in [-0.2, -0.15) is 4.99 Å². The van der Waals surface area contributed by atoms with E-state index in [0.717, 1.165) is 18.5 Å². The average molecular weight is 380 g/mol. The number of nitrogens with two attached hydrogens (primary N) is 2. The maximum Gasteiger partial charge on any atom is 0.220 e. The second-order valence-corrected chi connectivity index (χ2v) is 7.81. The van der Waals surface area contributed by atoms with Crippen LogP contribution in [0.5, 0.6) is 0 Å². The molecule has 1 aromatic carbocycles. The van der Waals surface area contributed by atoms with Crippen LogP contribution in [0.2, 0.25) is 0 Å². The molecule has 0 aromatic heterocycles. The Morgan fingerprint density at radius 3 is 2.19 bits per heavy atom. The van der Waals surface area contributed by atoms with Gasteiger partial charge in [-0.15, -0.1) is 12.4 Å². The summed E-state index contributed by atoms with van der Waals surface area (Å²) in [5.74, 6) is 0.702. The molecule has 0 radical (unpaired) electrons. The topological polar surface area (TPSA) is 80.0 Å². The Morgan fingerprint density at radius 2 is 1.62 bits per heavy atom. The minimum absolute atomic E-state index is 0. The standard InChI is InChI=1S/C20H33N5.ClH/c1-5-6-7-8-9-10-17-23-18(21)24-19(22)25(17)16-13-11-15(12-14-16)20(2,3)4;/h11-14,17H,5-10H2,1-4H3,(H4,21,22,23,24);1H. The van der Waals surface area contributed by atoms with Crippen molar-refractivity contribution in [2.45, 2.75) is 77.8 Å². The first-order valence-electron chi connectivity index (χ1n) is 9.40. The van der Waals surface area contributed by atoms with Crippen LogP contribution in [0.25, 0.3) is 0 Å². The van der Waals surface area contributed by atoms with Crippen LogP contribution in [-0.2, 0) is 5.41 Å². The van der Waals surface area contributed by atoms with Gasteiger partial charge in [-0.1, -0.05) is 65.5 Å². The van der Waals surface area contributed by atoms with E-state index >= 15 is 0 Å². The van der Waals surface area contributed by atoms with Gasteiger partial charge < -0.3 is 11.5 Å². The van der Waals surface area contributed by atoms with Gasteiger partial charge in [0.05, 0.1) is 0 Å². The van der Waals surface area contributed by atoms with Crippen LogP contribution in [0, 0.1) is 0 Å². The van der Waals surface area contributed by atoms with E-state index in [1.807, 2.05) is 4.90 Å². The molecule has 6 heteroatoms. The summed E-state index contributed by atoms with van der Waals surface area (Å²) in [5, 5.41) is 0. The van der Waals surface area contributed by atoms with Gasteiger partial charge >= 0.3 is 0 Å². The van der Waals surface area contributed by atoms with Crippen LogP contribution in [-0.4, -0.2) is 18.1 Å². The van der Waals surface area contributed by atoms with Crippen molar-refractivity contribution in [1.29, 1.82) is 0 Å². The Morgan fingerprint density at radius 1 is 1.00 bits per heavy atom. The van der Waals surface area contributed by atoms with Gasteiger partial charge in [-0.05, 0) is 36.0 Å². The van der Waals surface area contributed by atoms with Crippen LogP contribution < -0.4 is 16.4 Å². The fraction of sp³-hybridized carbons (Fsp3) is 0.600. The van der Waals surface area contributed by atoms with Gasteiger partial charge in [0.1, 0.15) is 6.17 Å². The van der Waals surface area contributed by atoms with E-state index in [1.54, 1.807) is 0 Å². The number of hydrogen-bond acceptors (Lipinski definition) is 5. The molecule has 1 aromatic rings. The minimum atomic E-state index is -0.0698. The Kier molecular flexibility index (Phi) is 8.41. The predicted octanol–water partition coefficient (Wildman–Crippen LogP) is 4.54. The second-order valence-electron chi connectivity index (χ2n) is 7.81. The Bertz CT molecular complexity index is 616. The molecule has 0 amide bonds. The molecule has 2 rings (SSSR count). The zero-order chi connectivity index (χ0) is 18.4. The summed E-state index contributed by atoms with van der Waals surface area (Å²) in [6.07, 6.45) is 7.00. The lowest BCUT2D eigenvalue weighted by atomic mass is 9.87. The summed E-state index contributed by atoms with van der Waals surface area (Å²) in [4.78, 5) is 10.7. The third kappa shape index (κ3) is 5.90. The first-order valence-corrected chi connectivity index (χ1v) is 9.40. The van der Waals surface area contributed by atoms with Gasteiger partial charge in [0.15, 0.2) is 0 Å². The van der Waals surface area contributed by atoms with E-state index in [-0.39, 0.29) is 29.9 Å². The lowest BCUT2D eigenvalue weighted by Crippen LogP contribution is -2.48. The number of halogens is 1. The molecule has 1 aliphatic heterocycles. The van der Waals surface area contributed by atoms with Crippen molar-refractivity contribution < 1.29 is 0 Å². The third-order valence-corrected chi connectivity index (χ3v) is 4.63. The van der Waals surface area contributed by atoms with Crippen LogP contribution in [0.3, 0.4) is 0 Å². The molecule has 1 aliphatic rings. The fourth-order valence-electron chi connectivity index (χ4n) is 3.11. The van der Waals surface area contributed by atoms with Gasteiger partial charge in [0.2, 0.25) is 11.9 Å². The summed E-state index contributed by atoms with van der Waals surface area (Å²) in [7, 11) is 0. The molecular formula is C20H34ClN5. The van der Waals surface area contributed by atoms with Crippen LogP contribution in [0.4, 0.5) is 5.69 Å². The SMILES string of the molecule is CCCCCCCC1N=C(N)N=C(N)N1c1ccc(C(C)(C)C)cc1.Cl. The molecule has 4 N–H and O–H groups in total. The van der Waals surface area contributed by atoms with Crippen LogP contribution in [0.1, 0.15) is 71.8 Å². The number of aliphatic imine (C=N–C) groups is 2. The highest BCUT2D eigenvalue weighted by Gasteiger charge is 2.26.